The number of ether oxygens (including phenoxy) is 2. The van der Waals surface area contributed by atoms with Gasteiger partial charge in [-0.2, -0.15) is 0 Å². The van der Waals surface area contributed by atoms with E-state index in [0.29, 0.717) is 24.2 Å². The molecule has 1 aromatic carbocycles. The van der Waals surface area contributed by atoms with Gasteiger partial charge >= 0.3 is 5.63 Å². The van der Waals surface area contributed by atoms with Crippen molar-refractivity contribution < 1.29 is 24.1 Å². The van der Waals surface area contributed by atoms with E-state index in [1.165, 1.54) is 12.3 Å². The molecular weight excluding hydrogens is 276 g/mol. The summed E-state index contributed by atoms with van der Waals surface area (Å²) >= 11 is 0. The van der Waals surface area contributed by atoms with Crippen LogP contribution in [0.25, 0.3) is 11.0 Å². The molecule has 0 saturated heterocycles. The monoisotopic (exact) mass is 292 g/mol. The molecule has 2 rings (SSSR count). The summed E-state index contributed by atoms with van der Waals surface area (Å²) in [5.41, 5.74) is -0.521. The molecule has 6 nitrogen and oxygen atoms in total. The highest BCUT2D eigenvalue weighted by Crippen LogP contribution is 2.33. The van der Waals surface area contributed by atoms with Crippen LogP contribution < -0.4 is 15.1 Å². The Morgan fingerprint density at radius 3 is 2.90 bits per heavy atom. The predicted molar refractivity (Wildman–Crippen MR) is 76.8 cm³/mol. The molecule has 112 valence electrons. The molecule has 0 amide bonds. The van der Waals surface area contributed by atoms with Gasteiger partial charge in [-0.15, -0.1) is 0 Å². The van der Waals surface area contributed by atoms with E-state index in [-0.39, 0.29) is 23.7 Å². The molecule has 0 spiro atoms. The lowest BCUT2D eigenvalue weighted by Crippen LogP contribution is -2.04. The maximum atomic E-state index is 11.7. The molecule has 2 aromatic rings. The molecule has 0 unspecified atom stereocenters. The second-order valence-corrected chi connectivity index (χ2v) is 4.24. The topological polar surface area (TPSA) is 89.1 Å². The van der Waals surface area contributed by atoms with E-state index < -0.39 is 5.63 Å². The highest BCUT2D eigenvalue weighted by atomic mass is 16.5. The third-order valence-corrected chi connectivity index (χ3v) is 2.70. The first kappa shape index (κ1) is 14.9. The molecule has 0 aliphatic rings. The predicted octanol–water partition coefficient (Wildman–Crippen LogP) is 2.17. The number of allylic oxidation sites excluding steroid dienone is 1. The quantitative estimate of drug-likeness (QED) is 0.482. The minimum absolute atomic E-state index is 0.0368. The van der Waals surface area contributed by atoms with Gasteiger partial charge in [-0.05, 0) is 25.1 Å². The van der Waals surface area contributed by atoms with Crippen LogP contribution in [-0.4, -0.2) is 23.4 Å². The van der Waals surface area contributed by atoms with Gasteiger partial charge in [0.1, 0.15) is 11.3 Å². The fraction of sp³-hybridized carbons (Fsp3) is 0.267. The Morgan fingerprint density at radius 1 is 1.38 bits per heavy atom. The molecule has 2 N–H and O–H groups in total. The maximum absolute atomic E-state index is 11.7. The molecule has 0 aliphatic heterocycles. The summed E-state index contributed by atoms with van der Waals surface area (Å²) in [6.45, 7) is 2.10. The summed E-state index contributed by atoms with van der Waals surface area (Å²) in [6, 6.07) is 4.70. The van der Waals surface area contributed by atoms with Crippen molar-refractivity contribution in [3.63, 3.8) is 0 Å². The van der Waals surface area contributed by atoms with Gasteiger partial charge in [0.2, 0.25) is 0 Å². The molecule has 0 fully saturated rings. The average molecular weight is 292 g/mol. The van der Waals surface area contributed by atoms with Gasteiger partial charge in [0.05, 0.1) is 18.3 Å². The van der Waals surface area contributed by atoms with Gasteiger partial charge in [-0.25, -0.2) is 4.79 Å². The Hall–Kier alpha value is -2.47. The highest BCUT2D eigenvalue weighted by Gasteiger charge is 2.15. The van der Waals surface area contributed by atoms with Gasteiger partial charge in [0, 0.05) is 13.0 Å². The standard InChI is InChI=1S/C15H16O6/c1-2-7-20-14-13(17)11-9-10(19-8-3-6-16)4-5-12(11)21-15(14)18/h2,4-5,7,9,16-17H,3,6,8H2,1H3/b7-2-. The van der Waals surface area contributed by atoms with E-state index in [1.807, 2.05) is 0 Å². The SMILES string of the molecule is C/C=C\Oc1c(O)c2cc(OCCCO)ccc2oc1=O. The first-order valence-electron chi connectivity index (χ1n) is 6.48. The zero-order chi connectivity index (χ0) is 15.2. The van der Waals surface area contributed by atoms with Gasteiger partial charge in [-0.3, -0.25) is 0 Å². The van der Waals surface area contributed by atoms with Crippen LogP contribution in [0.1, 0.15) is 13.3 Å². The number of rotatable bonds is 6. The van der Waals surface area contributed by atoms with Crippen LogP contribution in [0.2, 0.25) is 0 Å². The van der Waals surface area contributed by atoms with E-state index >= 15 is 0 Å². The number of hydrogen-bond acceptors (Lipinski definition) is 6. The Labute approximate surface area is 120 Å². The molecule has 0 bridgehead atoms. The number of aliphatic hydroxyl groups excluding tert-OH is 1. The Morgan fingerprint density at radius 2 is 2.19 bits per heavy atom. The Bertz CT molecular complexity index is 701. The number of fused-ring (bicyclic) bond motifs is 1. The van der Waals surface area contributed by atoms with Gasteiger partial charge in [-0.1, -0.05) is 6.08 Å². The number of aromatic hydroxyl groups is 1. The number of benzene rings is 1. The summed E-state index contributed by atoms with van der Waals surface area (Å²) in [6.07, 6.45) is 3.36. The van der Waals surface area contributed by atoms with Crippen molar-refractivity contribution in [3.8, 4) is 17.2 Å². The molecule has 0 saturated carbocycles. The molecule has 0 radical (unpaired) electrons. The van der Waals surface area contributed by atoms with Crippen LogP contribution in [0, 0.1) is 0 Å². The Kier molecular flexibility index (Phi) is 4.84. The average Bonchev–Trinajstić information content (AvgIpc) is 2.48. The highest BCUT2D eigenvalue weighted by molar-refractivity contribution is 5.86. The van der Waals surface area contributed by atoms with E-state index in [4.69, 9.17) is 19.0 Å². The minimum atomic E-state index is -0.757. The third-order valence-electron chi connectivity index (χ3n) is 2.70. The molecule has 21 heavy (non-hydrogen) atoms. The van der Waals surface area contributed by atoms with Crippen molar-refractivity contribution in [1.82, 2.24) is 0 Å². The van der Waals surface area contributed by atoms with Gasteiger partial charge in [0.25, 0.3) is 5.75 Å². The fourth-order valence-electron chi connectivity index (χ4n) is 1.73. The summed E-state index contributed by atoms with van der Waals surface area (Å²) in [5.74, 6) is -0.0721. The van der Waals surface area contributed by atoms with Crippen LogP contribution in [0.3, 0.4) is 0 Å². The van der Waals surface area contributed by atoms with Crippen molar-refractivity contribution in [1.29, 1.82) is 0 Å². The first-order chi connectivity index (χ1) is 10.2. The lowest BCUT2D eigenvalue weighted by molar-refractivity contribution is 0.233. The van der Waals surface area contributed by atoms with Crippen LogP contribution >= 0.6 is 0 Å². The molecule has 1 heterocycles. The minimum Gasteiger partial charge on any atom is -0.504 e. The second kappa shape index (κ2) is 6.81. The molecule has 0 aliphatic carbocycles. The van der Waals surface area contributed by atoms with Crippen molar-refractivity contribution in [2.24, 2.45) is 0 Å². The first-order valence-corrected chi connectivity index (χ1v) is 6.48. The summed E-state index contributed by atoms with van der Waals surface area (Å²) in [7, 11) is 0. The van der Waals surface area contributed by atoms with E-state index in [2.05, 4.69) is 0 Å². The normalized spacial score (nSPS) is 11.1. The van der Waals surface area contributed by atoms with Crippen LogP contribution in [-0.2, 0) is 0 Å². The van der Waals surface area contributed by atoms with Gasteiger partial charge in [0.15, 0.2) is 5.75 Å². The smallest absolute Gasteiger partial charge is 0.383 e. The van der Waals surface area contributed by atoms with Crippen LogP contribution in [0.5, 0.6) is 17.2 Å². The van der Waals surface area contributed by atoms with E-state index in [1.54, 1.807) is 25.1 Å². The maximum Gasteiger partial charge on any atom is 0.383 e. The van der Waals surface area contributed by atoms with Crippen molar-refractivity contribution in [3.05, 3.63) is 41.0 Å². The number of aliphatic hydroxyl groups is 1. The van der Waals surface area contributed by atoms with Crippen LogP contribution in [0.15, 0.2) is 39.7 Å². The zero-order valence-electron chi connectivity index (χ0n) is 11.5. The molecule has 0 atom stereocenters. The largest absolute Gasteiger partial charge is 0.504 e. The zero-order valence-corrected chi connectivity index (χ0v) is 11.5. The van der Waals surface area contributed by atoms with Crippen LogP contribution in [0.4, 0.5) is 0 Å². The number of hydrogen-bond donors (Lipinski definition) is 2. The van der Waals surface area contributed by atoms with Crippen molar-refractivity contribution in [2.45, 2.75) is 13.3 Å². The summed E-state index contributed by atoms with van der Waals surface area (Å²) in [4.78, 5) is 11.7. The van der Waals surface area contributed by atoms with E-state index in [9.17, 15) is 9.90 Å². The van der Waals surface area contributed by atoms with Crippen molar-refractivity contribution >= 4 is 11.0 Å². The van der Waals surface area contributed by atoms with E-state index in [0.717, 1.165) is 0 Å². The second-order valence-electron chi connectivity index (χ2n) is 4.24. The molecule has 1 aromatic heterocycles. The molecular formula is C15H16O6. The lowest BCUT2D eigenvalue weighted by atomic mass is 10.2. The summed E-state index contributed by atoms with van der Waals surface area (Å²) < 4.78 is 15.5. The fourth-order valence-corrected chi connectivity index (χ4v) is 1.73. The lowest BCUT2D eigenvalue weighted by Gasteiger charge is -2.08. The molecule has 6 heteroatoms. The van der Waals surface area contributed by atoms with Crippen molar-refractivity contribution in [2.75, 3.05) is 13.2 Å². The third kappa shape index (κ3) is 3.35. The van der Waals surface area contributed by atoms with Gasteiger partial charge < -0.3 is 24.1 Å². The Balaban J connectivity index is 2.42. The summed E-state index contributed by atoms with van der Waals surface area (Å²) in [5, 5.41) is 19.2.